The molecule has 1 aromatic heterocycles. The Morgan fingerprint density at radius 1 is 1.15 bits per heavy atom. The fourth-order valence-corrected chi connectivity index (χ4v) is 3.58. The summed E-state index contributed by atoms with van der Waals surface area (Å²) < 4.78 is 0. The Balaban J connectivity index is 1.61. The van der Waals surface area contributed by atoms with E-state index in [1.807, 2.05) is 6.92 Å². The molecule has 0 bridgehead atoms. The van der Waals surface area contributed by atoms with Crippen LogP contribution in [0.4, 0.5) is 5.13 Å². The number of hydrogen-bond acceptors (Lipinski definition) is 6. The van der Waals surface area contributed by atoms with Crippen molar-refractivity contribution in [2.75, 3.05) is 11.9 Å². The van der Waals surface area contributed by atoms with Crippen LogP contribution in [0.2, 0.25) is 0 Å². The maximum Gasteiger partial charge on any atom is 0.262 e. The van der Waals surface area contributed by atoms with Crippen molar-refractivity contribution in [3.05, 3.63) is 39.9 Å². The first kappa shape index (κ1) is 18.2. The number of rotatable bonds is 7. The van der Waals surface area contributed by atoms with Gasteiger partial charge in [0.05, 0.1) is 11.1 Å². The summed E-state index contributed by atoms with van der Waals surface area (Å²) in [6.07, 6.45) is 4.12. The van der Waals surface area contributed by atoms with Crippen molar-refractivity contribution in [2.24, 2.45) is 0 Å². The van der Waals surface area contributed by atoms with Crippen molar-refractivity contribution in [3.8, 4) is 0 Å². The largest absolute Gasteiger partial charge is 0.299 e. The van der Waals surface area contributed by atoms with Crippen LogP contribution >= 0.6 is 11.3 Å². The second-order valence-corrected chi connectivity index (χ2v) is 7.31. The van der Waals surface area contributed by atoms with Crippen molar-refractivity contribution < 1.29 is 14.4 Å². The second-order valence-electron chi connectivity index (χ2n) is 6.25. The van der Waals surface area contributed by atoms with Gasteiger partial charge in [-0.15, -0.1) is 10.2 Å². The number of carbonyl (C=O) groups is 3. The van der Waals surface area contributed by atoms with Gasteiger partial charge in [-0.3, -0.25) is 24.6 Å². The van der Waals surface area contributed by atoms with E-state index in [0.29, 0.717) is 16.3 Å². The van der Waals surface area contributed by atoms with E-state index in [-0.39, 0.29) is 6.54 Å². The Bertz CT molecular complexity index is 862. The molecule has 0 saturated carbocycles. The SMILES string of the molecule is CCCCCc1nnc(NC(=O)CN2C(=O)c3ccc(C)cc3C2=O)s1. The van der Waals surface area contributed by atoms with Crippen LogP contribution in [0.25, 0.3) is 0 Å². The first-order valence-corrected chi connectivity index (χ1v) is 9.40. The number of aryl methyl sites for hydroxylation is 2. The van der Waals surface area contributed by atoms with E-state index in [2.05, 4.69) is 22.4 Å². The molecule has 1 aliphatic rings. The fourth-order valence-electron chi connectivity index (χ4n) is 2.78. The van der Waals surface area contributed by atoms with Gasteiger partial charge in [0, 0.05) is 6.42 Å². The topological polar surface area (TPSA) is 92.3 Å². The lowest BCUT2D eigenvalue weighted by Gasteiger charge is -2.12. The number of nitrogens with zero attached hydrogens (tertiary/aromatic N) is 3. The maximum atomic E-state index is 12.4. The van der Waals surface area contributed by atoms with E-state index in [0.717, 1.165) is 41.2 Å². The van der Waals surface area contributed by atoms with Gasteiger partial charge in [0.25, 0.3) is 11.8 Å². The molecule has 7 nitrogen and oxygen atoms in total. The number of nitrogens with one attached hydrogen (secondary N) is 1. The van der Waals surface area contributed by atoms with E-state index in [1.165, 1.54) is 11.3 Å². The molecule has 0 unspecified atom stereocenters. The predicted molar refractivity (Wildman–Crippen MR) is 98.3 cm³/mol. The normalized spacial score (nSPS) is 13.2. The molecule has 136 valence electrons. The number of benzene rings is 1. The summed E-state index contributed by atoms with van der Waals surface area (Å²) in [5.41, 5.74) is 1.57. The number of unbranched alkanes of at least 4 members (excludes halogenated alkanes) is 2. The lowest BCUT2D eigenvalue weighted by molar-refractivity contribution is -0.116. The molecule has 0 spiro atoms. The molecule has 26 heavy (non-hydrogen) atoms. The van der Waals surface area contributed by atoms with Crippen LogP contribution in [0.15, 0.2) is 18.2 Å². The third-order valence-corrected chi connectivity index (χ3v) is 5.03. The predicted octanol–water partition coefficient (Wildman–Crippen LogP) is 2.81. The zero-order valence-electron chi connectivity index (χ0n) is 14.7. The van der Waals surface area contributed by atoms with Crippen molar-refractivity contribution >= 4 is 34.2 Å². The third-order valence-electron chi connectivity index (χ3n) is 4.14. The summed E-state index contributed by atoms with van der Waals surface area (Å²) in [6.45, 7) is 3.64. The highest BCUT2D eigenvalue weighted by Gasteiger charge is 2.36. The van der Waals surface area contributed by atoms with Crippen molar-refractivity contribution in [2.45, 2.75) is 39.5 Å². The number of anilines is 1. The van der Waals surface area contributed by atoms with E-state index >= 15 is 0 Å². The van der Waals surface area contributed by atoms with Gasteiger partial charge in [-0.05, 0) is 25.5 Å². The van der Waals surface area contributed by atoms with E-state index in [9.17, 15) is 14.4 Å². The molecule has 3 amide bonds. The van der Waals surface area contributed by atoms with Gasteiger partial charge in [0.15, 0.2) is 0 Å². The molecule has 0 aliphatic carbocycles. The van der Waals surface area contributed by atoms with Crippen molar-refractivity contribution in [1.82, 2.24) is 15.1 Å². The molecule has 0 radical (unpaired) electrons. The number of aromatic nitrogens is 2. The van der Waals surface area contributed by atoms with Gasteiger partial charge in [-0.25, -0.2) is 0 Å². The summed E-state index contributed by atoms with van der Waals surface area (Å²) in [7, 11) is 0. The molecular formula is C18H20N4O3S. The number of hydrogen-bond donors (Lipinski definition) is 1. The monoisotopic (exact) mass is 372 g/mol. The first-order chi connectivity index (χ1) is 12.5. The third kappa shape index (κ3) is 3.80. The zero-order chi connectivity index (χ0) is 18.7. The molecule has 0 saturated heterocycles. The Morgan fingerprint density at radius 2 is 1.92 bits per heavy atom. The molecule has 8 heteroatoms. The maximum absolute atomic E-state index is 12.4. The standard InChI is InChI=1S/C18H20N4O3S/c1-3-4-5-6-15-20-21-18(26-15)19-14(23)10-22-16(24)12-8-7-11(2)9-13(12)17(22)25/h7-9H,3-6,10H2,1-2H3,(H,19,21,23). The fraction of sp³-hybridized carbons (Fsp3) is 0.389. The number of amides is 3. The Kier molecular flexibility index (Phi) is 5.41. The van der Waals surface area contributed by atoms with Gasteiger partial charge in [0.1, 0.15) is 11.6 Å². The summed E-state index contributed by atoms with van der Waals surface area (Å²) >= 11 is 1.32. The van der Waals surface area contributed by atoms with Crippen LogP contribution in [0.5, 0.6) is 0 Å². The number of imide groups is 1. The summed E-state index contributed by atoms with van der Waals surface area (Å²) in [4.78, 5) is 37.9. The van der Waals surface area contributed by atoms with E-state index in [1.54, 1.807) is 18.2 Å². The van der Waals surface area contributed by atoms with Gasteiger partial charge >= 0.3 is 0 Å². The van der Waals surface area contributed by atoms with Gasteiger partial charge in [-0.2, -0.15) is 0 Å². The molecule has 1 N–H and O–H groups in total. The Hall–Kier alpha value is -2.61. The minimum Gasteiger partial charge on any atom is -0.299 e. The first-order valence-electron chi connectivity index (χ1n) is 8.58. The van der Waals surface area contributed by atoms with Crippen molar-refractivity contribution in [1.29, 1.82) is 0 Å². The van der Waals surface area contributed by atoms with Crippen LogP contribution in [0.3, 0.4) is 0 Å². The number of carbonyl (C=O) groups excluding carboxylic acids is 3. The molecule has 0 atom stereocenters. The van der Waals surface area contributed by atoms with E-state index in [4.69, 9.17) is 0 Å². The molecule has 2 aromatic rings. The smallest absolute Gasteiger partial charge is 0.262 e. The van der Waals surface area contributed by atoms with Crippen LogP contribution in [-0.2, 0) is 11.2 Å². The van der Waals surface area contributed by atoms with Crippen LogP contribution in [0.1, 0.15) is 57.5 Å². The van der Waals surface area contributed by atoms with E-state index < -0.39 is 17.7 Å². The average molecular weight is 372 g/mol. The highest BCUT2D eigenvalue weighted by molar-refractivity contribution is 7.15. The van der Waals surface area contributed by atoms with Gasteiger partial charge < -0.3 is 0 Å². The highest BCUT2D eigenvalue weighted by Crippen LogP contribution is 2.24. The summed E-state index contributed by atoms with van der Waals surface area (Å²) in [5, 5.41) is 11.9. The van der Waals surface area contributed by atoms with Crippen molar-refractivity contribution in [3.63, 3.8) is 0 Å². The minimum absolute atomic E-state index is 0.336. The molecule has 3 rings (SSSR count). The second kappa shape index (κ2) is 7.74. The summed E-state index contributed by atoms with van der Waals surface area (Å²) in [6, 6.07) is 5.06. The van der Waals surface area contributed by atoms with Gasteiger partial charge in [-0.1, -0.05) is 42.7 Å². The van der Waals surface area contributed by atoms with Crippen LogP contribution < -0.4 is 5.32 Å². The highest BCUT2D eigenvalue weighted by atomic mass is 32.1. The lowest BCUT2D eigenvalue weighted by Crippen LogP contribution is -2.37. The quantitative estimate of drug-likeness (QED) is 0.596. The lowest BCUT2D eigenvalue weighted by atomic mass is 10.1. The van der Waals surface area contributed by atoms with Crippen LogP contribution in [0, 0.1) is 6.92 Å². The Morgan fingerprint density at radius 3 is 2.69 bits per heavy atom. The molecule has 2 heterocycles. The zero-order valence-corrected chi connectivity index (χ0v) is 15.6. The minimum atomic E-state index is -0.465. The molecule has 1 aromatic carbocycles. The molecular weight excluding hydrogens is 352 g/mol. The van der Waals surface area contributed by atoms with Gasteiger partial charge in [0.2, 0.25) is 11.0 Å². The van der Waals surface area contributed by atoms with Crippen LogP contribution in [-0.4, -0.2) is 39.4 Å². The average Bonchev–Trinajstić information content (AvgIpc) is 3.14. The number of fused-ring (bicyclic) bond motifs is 1. The summed E-state index contributed by atoms with van der Waals surface area (Å²) in [5.74, 6) is -1.36. The Labute approximate surface area is 155 Å². The molecule has 1 aliphatic heterocycles. The molecule has 0 fully saturated rings.